The number of nitro groups is 1. The molecule has 0 amide bonds. The van der Waals surface area contributed by atoms with Crippen LogP contribution in [-0.2, 0) is 0 Å². The van der Waals surface area contributed by atoms with Gasteiger partial charge in [-0.2, -0.15) is 0 Å². The maximum absolute atomic E-state index is 10.5. The summed E-state index contributed by atoms with van der Waals surface area (Å²) in [5.41, 5.74) is 0.0741. The number of nitrogens with zero attached hydrogens (tertiary/aromatic N) is 2. The minimum Gasteiger partial charge on any atom is -0.492 e. The van der Waals surface area contributed by atoms with E-state index in [0.717, 1.165) is 13.1 Å². The lowest BCUT2D eigenvalue weighted by Gasteiger charge is -2.18. The zero-order valence-corrected chi connectivity index (χ0v) is 11.6. The third-order valence-electron chi connectivity index (χ3n) is 2.55. The molecule has 0 aliphatic heterocycles. The van der Waals surface area contributed by atoms with Gasteiger partial charge in [0.1, 0.15) is 12.4 Å². The first-order valence-electron chi connectivity index (χ1n) is 6.24. The first-order valence-corrected chi connectivity index (χ1v) is 6.24. The van der Waals surface area contributed by atoms with Crippen molar-refractivity contribution in [1.29, 1.82) is 0 Å². The predicted octanol–water partition coefficient (Wildman–Crippen LogP) is 1.51. The van der Waals surface area contributed by atoms with Crippen LogP contribution in [0.25, 0.3) is 0 Å². The minimum absolute atomic E-state index is 0.0741. The number of hydrogen-bond donors (Lipinski definition) is 1. The van der Waals surface area contributed by atoms with Crippen molar-refractivity contribution >= 4 is 5.69 Å². The number of rotatable bonds is 8. The van der Waals surface area contributed by atoms with E-state index in [0.29, 0.717) is 18.4 Å². The molecule has 0 heterocycles. The molecule has 0 saturated carbocycles. The van der Waals surface area contributed by atoms with Gasteiger partial charge in [0.05, 0.1) is 4.92 Å². The highest BCUT2D eigenvalue weighted by Crippen LogP contribution is 2.16. The van der Waals surface area contributed by atoms with E-state index >= 15 is 0 Å². The van der Waals surface area contributed by atoms with Gasteiger partial charge in [0.15, 0.2) is 0 Å². The van der Waals surface area contributed by atoms with Gasteiger partial charge in [0.25, 0.3) is 5.69 Å². The molecule has 0 aliphatic carbocycles. The first-order chi connectivity index (χ1) is 8.99. The normalized spacial score (nSPS) is 12.4. The SMILES string of the molecule is CC(CN(C)C)NCCOc1ccc([N+](=O)[O-])cc1. The summed E-state index contributed by atoms with van der Waals surface area (Å²) in [5, 5.41) is 13.8. The average molecular weight is 267 g/mol. The van der Waals surface area contributed by atoms with E-state index in [1.54, 1.807) is 12.1 Å². The summed E-state index contributed by atoms with van der Waals surface area (Å²) in [7, 11) is 4.07. The molecule has 0 fully saturated rings. The second-order valence-corrected chi connectivity index (χ2v) is 4.72. The maximum Gasteiger partial charge on any atom is 0.269 e. The van der Waals surface area contributed by atoms with Crippen molar-refractivity contribution < 1.29 is 9.66 Å². The molecule has 1 rings (SSSR count). The summed E-state index contributed by atoms with van der Waals surface area (Å²) < 4.78 is 5.50. The highest BCUT2D eigenvalue weighted by atomic mass is 16.6. The number of nitrogens with one attached hydrogen (secondary N) is 1. The molecule has 0 spiro atoms. The largest absolute Gasteiger partial charge is 0.492 e. The molecule has 6 heteroatoms. The molecule has 6 nitrogen and oxygen atoms in total. The molecule has 0 saturated heterocycles. The Hall–Kier alpha value is -1.66. The molecule has 0 radical (unpaired) electrons. The van der Waals surface area contributed by atoms with E-state index in [2.05, 4.69) is 17.1 Å². The molecule has 1 N–H and O–H groups in total. The Balaban J connectivity index is 2.24. The van der Waals surface area contributed by atoms with Crippen LogP contribution in [0.2, 0.25) is 0 Å². The summed E-state index contributed by atoms with van der Waals surface area (Å²) in [6.45, 7) is 4.37. The highest BCUT2D eigenvalue weighted by Gasteiger charge is 2.05. The third-order valence-corrected chi connectivity index (χ3v) is 2.55. The number of non-ortho nitro benzene ring substituents is 1. The minimum atomic E-state index is -0.422. The summed E-state index contributed by atoms with van der Waals surface area (Å²) in [4.78, 5) is 12.2. The lowest BCUT2D eigenvalue weighted by molar-refractivity contribution is -0.384. The van der Waals surface area contributed by atoms with Gasteiger partial charge in [-0.05, 0) is 33.2 Å². The Morgan fingerprint density at radius 1 is 1.37 bits per heavy atom. The lowest BCUT2D eigenvalue weighted by Crippen LogP contribution is -2.37. The monoisotopic (exact) mass is 267 g/mol. The van der Waals surface area contributed by atoms with Crippen LogP contribution in [0.4, 0.5) is 5.69 Å². The topological polar surface area (TPSA) is 67.6 Å². The van der Waals surface area contributed by atoms with Crippen LogP contribution in [0.1, 0.15) is 6.92 Å². The van der Waals surface area contributed by atoms with Gasteiger partial charge in [0.2, 0.25) is 0 Å². The van der Waals surface area contributed by atoms with Gasteiger partial charge >= 0.3 is 0 Å². The second kappa shape index (κ2) is 7.70. The Morgan fingerprint density at radius 2 is 2.00 bits per heavy atom. The maximum atomic E-state index is 10.5. The van der Waals surface area contributed by atoms with Crippen molar-refractivity contribution in [1.82, 2.24) is 10.2 Å². The van der Waals surface area contributed by atoms with E-state index in [1.165, 1.54) is 12.1 Å². The van der Waals surface area contributed by atoms with E-state index in [-0.39, 0.29) is 5.69 Å². The van der Waals surface area contributed by atoms with Crippen LogP contribution in [0, 0.1) is 10.1 Å². The first kappa shape index (κ1) is 15.4. The molecule has 1 aromatic carbocycles. The molecule has 0 aromatic heterocycles. The number of likely N-dealkylation sites (N-methyl/N-ethyl adjacent to an activating group) is 1. The standard InChI is InChI=1S/C13H21N3O3/c1-11(10-15(2)3)14-8-9-19-13-6-4-12(5-7-13)16(17)18/h4-7,11,14H,8-10H2,1-3H3. The number of hydrogen-bond acceptors (Lipinski definition) is 5. The van der Waals surface area contributed by atoms with E-state index < -0.39 is 4.92 Å². The summed E-state index contributed by atoms with van der Waals surface area (Å²) in [5.74, 6) is 0.646. The molecule has 1 unspecified atom stereocenters. The van der Waals surface area contributed by atoms with Crippen molar-refractivity contribution in [3.8, 4) is 5.75 Å². The van der Waals surface area contributed by atoms with Crippen LogP contribution in [0.5, 0.6) is 5.75 Å². The third kappa shape index (κ3) is 6.17. The van der Waals surface area contributed by atoms with E-state index in [4.69, 9.17) is 4.74 Å². The van der Waals surface area contributed by atoms with Gasteiger partial charge in [-0.1, -0.05) is 0 Å². The number of benzene rings is 1. The number of nitro benzene ring substituents is 1. The molecule has 106 valence electrons. The fraction of sp³-hybridized carbons (Fsp3) is 0.538. The molecule has 0 aliphatic rings. The molecular weight excluding hydrogens is 246 g/mol. The zero-order chi connectivity index (χ0) is 14.3. The Morgan fingerprint density at radius 3 is 2.53 bits per heavy atom. The van der Waals surface area contributed by atoms with Crippen LogP contribution in [0.3, 0.4) is 0 Å². The Labute approximate surface area is 113 Å². The fourth-order valence-electron chi connectivity index (χ4n) is 1.75. The van der Waals surface area contributed by atoms with Gasteiger partial charge in [0, 0.05) is 31.3 Å². The van der Waals surface area contributed by atoms with Crippen LogP contribution in [-0.4, -0.2) is 49.7 Å². The van der Waals surface area contributed by atoms with Gasteiger partial charge in [-0.15, -0.1) is 0 Å². The van der Waals surface area contributed by atoms with Gasteiger partial charge in [-0.25, -0.2) is 0 Å². The average Bonchev–Trinajstić information content (AvgIpc) is 2.34. The van der Waals surface area contributed by atoms with Crippen molar-refractivity contribution in [2.75, 3.05) is 33.8 Å². The van der Waals surface area contributed by atoms with Crippen LogP contribution < -0.4 is 10.1 Å². The Kier molecular flexibility index (Phi) is 6.24. The molecule has 19 heavy (non-hydrogen) atoms. The van der Waals surface area contributed by atoms with Crippen LogP contribution in [0.15, 0.2) is 24.3 Å². The number of ether oxygens (including phenoxy) is 1. The zero-order valence-electron chi connectivity index (χ0n) is 11.6. The summed E-state index contributed by atoms with van der Waals surface area (Å²) >= 11 is 0. The molecule has 0 bridgehead atoms. The lowest BCUT2D eigenvalue weighted by atomic mass is 10.3. The predicted molar refractivity (Wildman–Crippen MR) is 74.6 cm³/mol. The quantitative estimate of drug-likeness (QED) is 0.439. The van der Waals surface area contributed by atoms with Gasteiger partial charge in [-0.3, -0.25) is 10.1 Å². The summed E-state index contributed by atoms with van der Waals surface area (Å²) in [6, 6.07) is 6.51. The van der Waals surface area contributed by atoms with Crippen molar-refractivity contribution in [3.05, 3.63) is 34.4 Å². The molecular formula is C13H21N3O3. The van der Waals surface area contributed by atoms with E-state index in [1.807, 2.05) is 14.1 Å². The molecule has 1 atom stereocenters. The van der Waals surface area contributed by atoms with Crippen LogP contribution >= 0.6 is 0 Å². The molecule has 1 aromatic rings. The second-order valence-electron chi connectivity index (χ2n) is 4.72. The highest BCUT2D eigenvalue weighted by molar-refractivity contribution is 5.35. The van der Waals surface area contributed by atoms with Crippen molar-refractivity contribution in [2.24, 2.45) is 0 Å². The van der Waals surface area contributed by atoms with E-state index in [9.17, 15) is 10.1 Å². The fourth-order valence-corrected chi connectivity index (χ4v) is 1.75. The van der Waals surface area contributed by atoms with Crippen molar-refractivity contribution in [2.45, 2.75) is 13.0 Å². The van der Waals surface area contributed by atoms with Gasteiger partial charge < -0.3 is 15.0 Å². The van der Waals surface area contributed by atoms with Crippen molar-refractivity contribution in [3.63, 3.8) is 0 Å². The Bertz CT molecular complexity index is 393. The summed E-state index contributed by atoms with van der Waals surface area (Å²) in [6.07, 6.45) is 0. The smallest absolute Gasteiger partial charge is 0.269 e.